The minimum Gasteiger partial charge on any atom is -0.382 e. The largest absolute Gasteiger partial charge is 0.382 e. The van der Waals surface area contributed by atoms with Crippen molar-refractivity contribution in [1.82, 2.24) is 0 Å². The van der Waals surface area contributed by atoms with Crippen LogP contribution >= 0.6 is 0 Å². The molecule has 0 amide bonds. The van der Waals surface area contributed by atoms with Crippen molar-refractivity contribution in [3.8, 4) is 0 Å². The Morgan fingerprint density at radius 1 is 0.682 bits per heavy atom. The lowest BCUT2D eigenvalue weighted by Gasteiger charge is -2.13. The molecule has 0 rings (SSSR count). The first-order valence-electron chi connectivity index (χ1n) is 9.49. The maximum Gasteiger partial charge on any atom is 0.0781 e. The Morgan fingerprint density at radius 2 is 1.23 bits per heavy atom. The van der Waals surface area contributed by atoms with Gasteiger partial charge >= 0.3 is 0 Å². The van der Waals surface area contributed by atoms with Crippen LogP contribution in [0.1, 0.15) is 84.5 Å². The predicted molar refractivity (Wildman–Crippen MR) is 94.6 cm³/mol. The summed E-state index contributed by atoms with van der Waals surface area (Å²) in [7, 11) is 1.69. The van der Waals surface area contributed by atoms with Crippen molar-refractivity contribution in [2.45, 2.75) is 90.6 Å². The number of methoxy groups -OCH3 is 1. The molecule has 3 nitrogen and oxygen atoms in total. The van der Waals surface area contributed by atoms with Gasteiger partial charge in [-0.15, -0.1) is 0 Å². The fourth-order valence-electron chi connectivity index (χ4n) is 2.50. The van der Waals surface area contributed by atoms with Crippen LogP contribution in [0.15, 0.2) is 0 Å². The lowest BCUT2D eigenvalue weighted by atomic mass is 10.1. The predicted octanol–water partition coefficient (Wildman–Crippen LogP) is 5.37. The first kappa shape index (κ1) is 21.9. The number of rotatable bonds is 18. The number of hydrogen-bond donors (Lipinski definition) is 0. The van der Waals surface area contributed by atoms with Gasteiger partial charge in [0.2, 0.25) is 0 Å². The number of hydrogen-bond acceptors (Lipinski definition) is 3. The summed E-state index contributed by atoms with van der Waals surface area (Å²) in [5.41, 5.74) is 0. The van der Waals surface area contributed by atoms with E-state index in [1.165, 1.54) is 70.6 Å². The molecule has 0 radical (unpaired) electrons. The van der Waals surface area contributed by atoms with Crippen molar-refractivity contribution in [3.63, 3.8) is 0 Å². The van der Waals surface area contributed by atoms with E-state index in [1.54, 1.807) is 7.11 Å². The Morgan fingerprint density at radius 3 is 1.77 bits per heavy atom. The molecule has 0 aromatic rings. The Bertz CT molecular complexity index is 197. The third kappa shape index (κ3) is 17.9. The molecule has 0 saturated heterocycles. The molecular weight excluding hydrogens is 276 g/mol. The van der Waals surface area contributed by atoms with Crippen molar-refractivity contribution in [2.24, 2.45) is 0 Å². The van der Waals surface area contributed by atoms with Crippen molar-refractivity contribution < 1.29 is 14.2 Å². The number of unbranched alkanes of at least 4 members (excludes halogenated alkanes) is 10. The Balaban J connectivity index is 3.05. The summed E-state index contributed by atoms with van der Waals surface area (Å²) < 4.78 is 16.1. The van der Waals surface area contributed by atoms with Gasteiger partial charge in [-0.1, -0.05) is 71.1 Å². The molecule has 0 aliphatic carbocycles. The van der Waals surface area contributed by atoms with E-state index in [9.17, 15) is 0 Å². The van der Waals surface area contributed by atoms with Gasteiger partial charge in [-0.25, -0.2) is 0 Å². The van der Waals surface area contributed by atoms with Gasteiger partial charge in [-0.3, -0.25) is 0 Å². The molecule has 1 unspecified atom stereocenters. The van der Waals surface area contributed by atoms with Gasteiger partial charge in [0, 0.05) is 13.7 Å². The zero-order chi connectivity index (χ0) is 16.3. The Hall–Kier alpha value is -0.120. The van der Waals surface area contributed by atoms with Crippen molar-refractivity contribution in [2.75, 3.05) is 33.5 Å². The van der Waals surface area contributed by atoms with Gasteiger partial charge in [0.05, 0.1) is 25.9 Å². The molecule has 0 saturated carbocycles. The van der Waals surface area contributed by atoms with Gasteiger partial charge in [-0.05, 0) is 13.3 Å². The van der Waals surface area contributed by atoms with Crippen molar-refractivity contribution >= 4 is 0 Å². The highest BCUT2D eigenvalue weighted by atomic mass is 16.5. The van der Waals surface area contributed by atoms with Gasteiger partial charge in [-0.2, -0.15) is 0 Å². The number of ether oxygens (including phenoxy) is 3. The van der Waals surface area contributed by atoms with Crippen LogP contribution in [0.4, 0.5) is 0 Å². The van der Waals surface area contributed by atoms with Crippen LogP contribution in [0, 0.1) is 0 Å². The summed E-state index contributed by atoms with van der Waals surface area (Å²) in [5.74, 6) is 0. The normalized spacial score (nSPS) is 12.7. The minimum atomic E-state index is 0.169. The van der Waals surface area contributed by atoms with Gasteiger partial charge < -0.3 is 14.2 Å². The molecule has 0 spiro atoms. The van der Waals surface area contributed by atoms with Crippen LogP contribution in [0.5, 0.6) is 0 Å². The fourth-order valence-corrected chi connectivity index (χ4v) is 2.50. The molecule has 0 aliphatic heterocycles. The molecule has 22 heavy (non-hydrogen) atoms. The van der Waals surface area contributed by atoms with Crippen molar-refractivity contribution in [1.29, 1.82) is 0 Å². The van der Waals surface area contributed by atoms with E-state index in [0.717, 1.165) is 6.61 Å². The van der Waals surface area contributed by atoms with E-state index < -0.39 is 0 Å². The lowest BCUT2D eigenvalue weighted by molar-refractivity contribution is -0.0242. The summed E-state index contributed by atoms with van der Waals surface area (Å²) in [6.45, 7) is 7.20. The summed E-state index contributed by atoms with van der Waals surface area (Å²) >= 11 is 0. The van der Waals surface area contributed by atoms with E-state index in [-0.39, 0.29) is 6.10 Å². The SMILES string of the molecule is CCCCCCCCCCCCCOCC(C)OCCOC. The summed E-state index contributed by atoms with van der Waals surface area (Å²) in [4.78, 5) is 0. The lowest BCUT2D eigenvalue weighted by Crippen LogP contribution is -2.18. The van der Waals surface area contributed by atoms with Crippen LogP contribution in [-0.4, -0.2) is 39.6 Å². The maximum absolute atomic E-state index is 5.64. The highest BCUT2D eigenvalue weighted by Crippen LogP contribution is 2.11. The van der Waals surface area contributed by atoms with E-state index in [1.807, 2.05) is 0 Å². The summed E-state index contributed by atoms with van der Waals surface area (Å²) in [6, 6.07) is 0. The second kappa shape index (κ2) is 18.9. The van der Waals surface area contributed by atoms with E-state index in [0.29, 0.717) is 19.8 Å². The van der Waals surface area contributed by atoms with Crippen LogP contribution < -0.4 is 0 Å². The second-order valence-corrected chi connectivity index (χ2v) is 6.28. The van der Waals surface area contributed by atoms with Crippen LogP contribution in [0.25, 0.3) is 0 Å². The monoisotopic (exact) mass is 316 g/mol. The average Bonchev–Trinajstić information content (AvgIpc) is 2.52. The third-order valence-electron chi connectivity index (χ3n) is 3.93. The van der Waals surface area contributed by atoms with E-state index >= 15 is 0 Å². The van der Waals surface area contributed by atoms with Crippen molar-refractivity contribution in [3.05, 3.63) is 0 Å². The molecule has 0 bridgehead atoms. The average molecular weight is 317 g/mol. The topological polar surface area (TPSA) is 27.7 Å². The van der Waals surface area contributed by atoms with E-state index in [2.05, 4.69) is 13.8 Å². The second-order valence-electron chi connectivity index (χ2n) is 6.28. The molecule has 0 N–H and O–H groups in total. The highest BCUT2D eigenvalue weighted by molar-refractivity contribution is 4.50. The third-order valence-corrected chi connectivity index (χ3v) is 3.93. The molecule has 134 valence electrons. The van der Waals surface area contributed by atoms with Gasteiger partial charge in [0.1, 0.15) is 0 Å². The van der Waals surface area contributed by atoms with Crippen LogP contribution in [0.2, 0.25) is 0 Å². The molecule has 0 aromatic carbocycles. The summed E-state index contributed by atoms with van der Waals surface area (Å²) in [5, 5.41) is 0. The molecule has 3 heteroatoms. The molecule has 0 heterocycles. The van der Waals surface area contributed by atoms with Gasteiger partial charge in [0.15, 0.2) is 0 Å². The maximum atomic E-state index is 5.64. The zero-order valence-corrected chi connectivity index (χ0v) is 15.4. The molecule has 0 fully saturated rings. The Kier molecular flexibility index (Phi) is 18.8. The fraction of sp³-hybridized carbons (Fsp3) is 1.00. The van der Waals surface area contributed by atoms with Crippen LogP contribution in [-0.2, 0) is 14.2 Å². The first-order chi connectivity index (χ1) is 10.8. The van der Waals surface area contributed by atoms with Gasteiger partial charge in [0.25, 0.3) is 0 Å². The zero-order valence-electron chi connectivity index (χ0n) is 15.4. The van der Waals surface area contributed by atoms with Crippen LogP contribution in [0.3, 0.4) is 0 Å². The molecule has 0 aromatic heterocycles. The standard InChI is InChI=1S/C19H40O3/c1-4-5-6-7-8-9-10-11-12-13-14-15-21-18-19(2)22-17-16-20-3/h19H,4-18H2,1-3H3. The smallest absolute Gasteiger partial charge is 0.0781 e. The first-order valence-corrected chi connectivity index (χ1v) is 9.49. The summed E-state index contributed by atoms with van der Waals surface area (Å²) in [6.07, 6.45) is 15.3. The molecule has 1 atom stereocenters. The highest BCUT2D eigenvalue weighted by Gasteiger charge is 2.01. The van der Waals surface area contributed by atoms with E-state index in [4.69, 9.17) is 14.2 Å². The molecular formula is C19H40O3. The quantitative estimate of drug-likeness (QED) is 0.318. The Labute approximate surface area is 139 Å². The minimum absolute atomic E-state index is 0.169. The molecule has 0 aliphatic rings.